The highest BCUT2D eigenvalue weighted by molar-refractivity contribution is 6.34. The molecule has 0 unspecified atom stereocenters. The molecule has 2 N–H and O–H groups in total. The molecule has 1 aliphatic heterocycles. The van der Waals surface area contributed by atoms with Gasteiger partial charge in [0.25, 0.3) is 17.7 Å². The van der Waals surface area contributed by atoms with Crippen LogP contribution in [-0.4, -0.2) is 17.7 Å². The standard InChI is InChI=1S/C23H16ClN3O3/c24-20-12-5-4-11-18(20)21(28)25-16-8-6-7-15(13-16)14-19-22(29)26-27(23(19)30)17-9-2-1-3-10-17/h1-14H,(H,25,28)(H,26,29)/b19-14+. The molecule has 0 aliphatic carbocycles. The number of halogens is 1. The Kier molecular flexibility index (Phi) is 5.32. The summed E-state index contributed by atoms with van der Waals surface area (Å²) in [6.45, 7) is 0. The first-order chi connectivity index (χ1) is 14.5. The molecule has 7 heteroatoms. The fourth-order valence-electron chi connectivity index (χ4n) is 3.03. The molecule has 1 aliphatic rings. The Morgan fingerprint density at radius 2 is 1.67 bits per heavy atom. The van der Waals surface area contributed by atoms with Crippen molar-refractivity contribution in [2.75, 3.05) is 10.3 Å². The minimum Gasteiger partial charge on any atom is -0.322 e. The van der Waals surface area contributed by atoms with Crippen LogP contribution in [0.15, 0.2) is 84.4 Å². The van der Waals surface area contributed by atoms with Gasteiger partial charge in [-0.3, -0.25) is 19.8 Å². The number of rotatable bonds is 4. The van der Waals surface area contributed by atoms with Gasteiger partial charge >= 0.3 is 0 Å². The third kappa shape index (κ3) is 3.94. The average molecular weight is 418 g/mol. The van der Waals surface area contributed by atoms with Crippen LogP contribution in [0.5, 0.6) is 0 Å². The molecule has 0 aromatic heterocycles. The summed E-state index contributed by atoms with van der Waals surface area (Å²) in [5, 5.41) is 4.33. The van der Waals surface area contributed by atoms with E-state index in [-0.39, 0.29) is 11.5 Å². The fourth-order valence-corrected chi connectivity index (χ4v) is 3.25. The summed E-state index contributed by atoms with van der Waals surface area (Å²) in [5.74, 6) is -1.29. The second-order valence-electron chi connectivity index (χ2n) is 6.53. The predicted molar refractivity (Wildman–Crippen MR) is 116 cm³/mol. The van der Waals surface area contributed by atoms with E-state index in [0.717, 1.165) is 0 Å². The summed E-state index contributed by atoms with van der Waals surface area (Å²) in [7, 11) is 0. The number of hydrogen-bond donors (Lipinski definition) is 2. The van der Waals surface area contributed by atoms with Crippen LogP contribution in [0.4, 0.5) is 11.4 Å². The van der Waals surface area contributed by atoms with Crippen molar-refractivity contribution in [3.63, 3.8) is 0 Å². The lowest BCUT2D eigenvalue weighted by Crippen LogP contribution is -2.35. The third-order valence-corrected chi connectivity index (χ3v) is 4.81. The minimum atomic E-state index is -0.491. The van der Waals surface area contributed by atoms with Gasteiger partial charge in [-0.15, -0.1) is 0 Å². The molecule has 30 heavy (non-hydrogen) atoms. The number of anilines is 2. The van der Waals surface area contributed by atoms with Crippen molar-refractivity contribution < 1.29 is 14.4 Å². The van der Waals surface area contributed by atoms with Crippen LogP contribution in [0.2, 0.25) is 5.02 Å². The first kappa shape index (κ1) is 19.4. The summed E-state index contributed by atoms with van der Waals surface area (Å²) in [6.07, 6.45) is 1.49. The first-order valence-electron chi connectivity index (χ1n) is 9.11. The average Bonchev–Trinajstić information content (AvgIpc) is 3.03. The van der Waals surface area contributed by atoms with Gasteiger partial charge in [0.1, 0.15) is 5.57 Å². The van der Waals surface area contributed by atoms with E-state index in [1.54, 1.807) is 72.8 Å². The predicted octanol–water partition coefficient (Wildman–Crippen LogP) is 4.05. The number of hydrazine groups is 1. The van der Waals surface area contributed by atoms with Crippen LogP contribution in [0, 0.1) is 0 Å². The molecule has 3 amide bonds. The van der Waals surface area contributed by atoms with Crippen molar-refractivity contribution in [1.82, 2.24) is 5.43 Å². The van der Waals surface area contributed by atoms with Gasteiger partial charge in [-0.05, 0) is 48.0 Å². The Labute approximate surface area is 177 Å². The van der Waals surface area contributed by atoms with Crippen molar-refractivity contribution in [2.45, 2.75) is 0 Å². The van der Waals surface area contributed by atoms with Crippen LogP contribution in [0.1, 0.15) is 15.9 Å². The molecule has 0 spiro atoms. The maximum Gasteiger partial charge on any atom is 0.282 e. The van der Waals surface area contributed by atoms with Crippen LogP contribution >= 0.6 is 11.6 Å². The summed E-state index contributed by atoms with van der Waals surface area (Å²) in [4.78, 5) is 37.5. The van der Waals surface area contributed by atoms with Crippen LogP contribution in [-0.2, 0) is 9.59 Å². The number of nitrogens with one attached hydrogen (secondary N) is 2. The smallest absolute Gasteiger partial charge is 0.282 e. The van der Waals surface area contributed by atoms with Crippen molar-refractivity contribution in [2.24, 2.45) is 0 Å². The zero-order valence-corrected chi connectivity index (χ0v) is 16.4. The lowest BCUT2D eigenvalue weighted by Gasteiger charge is -2.13. The summed E-state index contributed by atoms with van der Waals surface area (Å²) >= 11 is 6.07. The molecule has 1 saturated heterocycles. The SMILES string of the molecule is O=C1NN(c2ccccc2)C(=O)/C1=C/c1cccc(NC(=O)c2ccccc2Cl)c1. The Bertz CT molecular complexity index is 1180. The Morgan fingerprint density at radius 3 is 2.43 bits per heavy atom. The van der Waals surface area contributed by atoms with E-state index in [2.05, 4.69) is 10.7 Å². The van der Waals surface area contributed by atoms with E-state index in [1.807, 2.05) is 6.07 Å². The number of carbonyl (C=O) groups is 3. The largest absolute Gasteiger partial charge is 0.322 e. The van der Waals surface area contributed by atoms with E-state index in [9.17, 15) is 14.4 Å². The highest BCUT2D eigenvalue weighted by atomic mass is 35.5. The van der Waals surface area contributed by atoms with Crippen LogP contribution < -0.4 is 15.8 Å². The number of carbonyl (C=O) groups excluding carboxylic acids is 3. The van der Waals surface area contributed by atoms with Gasteiger partial charge in [-0.1, -0.05) is 54.1 Å². The Balaban J connectivity index is 1.56. The van der Waals surface area contributed by atoms with E-state index in [1.165, 1.54) is 11.1 Å². The monoisotopic (exact) mass is 417 g/mol. The molecular formula is C23H16ClN3O3. The summed E-state index contributed by atoms with van der Waals surface area (Å²) < 4.78 is 0. The van der Waals surface area contributed by atoms with Crippen molar-refractivity contribution in [1.29, 1.82) is 0 Å². The van der Waals surface area contributed by atoms with Gasteiger partial charge in [-0.25, -0.2) is 5.01 Å². The number of para-hydroxylation sites is 1. The Morgan fingerprint density at radius 1 is 0.933 bits per heavy atom. The Hall–Kier alpha value is -3.90. The van der Waals surface area contributed by atoms with E-state index in [0.29, 0.717) is 27.5 Å². The molecule has 0 saturated carbocycles. The lowest BCUT2D eigenvalue weighted by atomic mass is 10.1. The van der Waals surface area contributed by atoms with Crippen molar-refractivity contribution >= 4 is 46.8 Å². The molecule has 6 nitrogen and oxygen atoms in total. The normalized spacial score (nSPS) is 14.7. The second kappa shape index (κ2) is 8.23. The van der Waals surface area contributed by atoms with Gasteiger partial charge in [0.2, 0.25) is 0 Å². The topological polar surface area (TPSA) is 78.5 Å². The summed E-state index contributed by atoms with van der Waals surface area (Å²) in [5.41, 5.74) is 4.60. The molecule has 0 atom stereocenters. The molecule has 0 bridgehead atoms. The van der Waals surface area contributed by atoms with Gasteiger partial charge in [0, 0.05) is 5.69 Å². The number of nitrogens with zero attached hydrogens (tertiary/aromatic N) is 1. The second-order valence-corrected chi connectivity index (χ2v) is 6.94. The van der Waals surface area contributed by atoms with E-state index in [4.69, 9.17) is 11.6 Å². The van der Waals surface area contributed by atoms with Crippen molar-refractivity contribution in [3.8, 4) is 0 Å². The molecule has 1 heterocycles. The molecule has 4 rings (SSSR count). The summed E-state index contributed by atoms with van der Waals surface area (Å²) in [6, 6.07) is 22.4. The maximum absolute atomic E-state index is 12.7. The highest BCUT2D eigenvalue weighted by Crippen LogP contribution is 2.23. The van der Waals surface area contributed by atoms with Gasteiger partial charge in [0.05, 0.1) is 16.3 Å². The minimum absolute atomic E-state index is 0.00781. The molecule has 3 aromatic carbocycles. The van der Waals surface area contributed by atoms with Gasteiger partial charge in [-0.2, -0.15) is 0 Å². The molecular weight excluding hydrogens is 402 g/mol. The van der Waals surface area contributed by atoms with E-state index < -0.39 is 11.8 Å². The van der Waals surface area contributed by atoms with E-state index >= 15 is 0 Å². The van der Waals surface area contributed by atoms with Crippen molar-refractivity contribution in [3.05, 3.63) is 101 Å². The first-order valence-corrected chi connectivity index (χ1v) is 9.49. The third-order valence-electron chi connectivity index (χ3n) is 4.48. The molecule has 148 valence electrons. The number of amides is 3. The maximum atomic E-state index is 12.7. The number of benzene rings is 3. The molecule has 1 fully saturated rings. The number of hydrogen-bond acceptors (Lipinski definition) is 3. The fraction of sp³-hybridized carbons (Fsp3) is 0. The van der Waals surface area contributed by atoms with Gasteiger partial charge < -0.3 is 5.32 Å². The lowest BCUT2D eigenvalue weighted by molar-refractivity contribution is -0.117. The van der Waals surface area contributed by atoms with Gasteiger partial charge in [0.15, 0.2) is 0 Å². The van der Waals surface area contributed by atoms with Crippen LogP contribution in [0.3, 0.4) is 0 Å². The van der Waals surface area contributed by atoms with Crippen LogP contribution in [0.25, 0.3) is 6.08 Å². The zero-order valence-electron chi connectivity index (χ0n) is 15.6. The zero-order chi connectivity index (χ0) is 21.1. The highest BCUT2D eigenvalue weighted by Gasteiger charge is 2.34. The molecule has 0 radical (unpaired) electrons. The quantitative estimate of drug-likeness (QED) is 0.496. The molecule has 3 aromatic rings.